The monoisotopic (exact) mass is 255 g/mol. The molecule has 2 aromatic heterocycles. The van der Waals surface area contributed by atoms with Crippen molar-refractivity contribution in [1.82, 2.24) is 19.7 Å². The number of rotatable bonds is 3. The fraction of sp³-hybridized carbons (Fsp3) is 0.500. The van der Waals surface area contributed by atoms with E-state index in [4.69, 9.17) is 0 Å². The predicted octanol–water partition coefficient (Wildman–Crippen LogP) is 2.26. The third-order valence-corrected chi connectivity index (χ3v) is 4.49. The van der Waals surface area contributed by atoms with Crippen molar-refractivity contribution in [1.29, 1.82) is 0 Å². The van der Waals surface area contributed by atoms with E-state index < -0.39 is 0 Å². The normalized spacial score (nSPS) is 28.7. The van der Waals surface area contributed by atoms with Gasteiger partial charge < -0.3 is 5.32 Å². The summed E-state index contributed by atoms with van der Waals surface area (Å²) in [6.07, 6.45) is 10.6. The fourth-order valence-corrected chi connectivity index (χ4v) is 3.57. The Morgan fingerprint density at radius 2 is 2.21 bits per heavy atom. The third kappa shape index (κ3) is 1.99. The van der Waals surface area contributed by atoms with Crippen molar-refractivity contribution >= 4 is 5.69 Å². The Balaban J connectivity index is 1.48. The lowest BCUT2D eigenvalue weighted by Crippen LogP contribution is -2.25. The van der Waals surface area contributed by atoms with Crippen molar-refractivity contribution in [2.24, 2.45) is 11.8 Å². The van der Waals surface area contributed by atoms with E-state index in [0.29, 0.717) is 6.04 Å². The molecule has 1 N–H and O–H groups in total. The fourth-order valence-electron chi connectivity index (χ4n) is 3.57. The van der Waals surface area contributed by atoms with Gasteiger partial charge >= 0.3 is 0 Å². The molecule has 2 aliphatic rings. The second-order valence-electron chi connectivity index (χ2n) is 5.67. The van der Waals surface area contributed by atoms with E-state index in [9.17, 15) is 0 Å². The Bertz CT molecular complexity index is 548. The second kappa shape index (κ2) is 4.33. The van der Waals surface area contributed by atoms with Crippen LogP contribution in [0.1, 0.15) is 25.7 Å². The SMILES string of the molecule is c1ncn(-c2ccc(NC3CC4CCC3C4)cn2)n1. The molecule has 2 aromatic rings. The van der Waals surface area contributed by atoms with Gasteiger partial charge in [-0.1, -0.05) is 6.42 Å². The van der Waals surface area contributed by atoms with Crippen LogP contribution in [-0.4, -0.2) is 25.8 Å². The zero-order valence-electron chi connectivity index (χ0n) is 10.7. The minimum Gasteiger partial charge on any atom is -0.381 e. The third-order valence-electron chi connectivity index (χ3n) is 4.49. The molecule has 0 amide bonds. The number of nitrogens with one attached hydrogen (secondary N) is 1. The molecule has 0 saturated heterocycles. The van der Waals surface area contributed by atoms with Gasteiger partial charge in [-0.05, 0) is 43.2 Å². The van der Waals surface area contributed by atoms with Gasteiger partial charge in [0.05, 0.1) is 11.9 Å². The van der Waals surface area contributed by atoms with Gasteiger partial charge in [0.25, 0.3) is 0 Å². The number of hydrogen-bond acceptors (Lipinski definition) is 4. The van der Waals surface area contributed by atoms with Crippen molar-refractivity contribution < 1.29 is 0 Å². The summed E-state index contributed by atoms with van der Waals surface area (Å²) in [6, 6.07) is 4.71. The molecule has 5 heteroatoms. The first kappa shape index (κ1) is 11.0. The summed E-state index contributed by atoms with van der Waals surface area (Å²) in [5.74, 6) is 2.64. The molecule has 0 spiro atoms. The van der Waals surface area contributed by atoms with Crippen LogP contribution in [0.4, 0.5) is 5.69 Å². The Morgan fingerprint density at radius 1 is 1.21 bits per heavy atom. The lowest BCUT2D eigenvalue weighted by molar-refractivity contribution is 0.439. The van der Waals surface area contributed by atoms with Crippen LogP contribution in [0.2, 0.25) is 0 Å². The van der Waals surface area contributed by atoms with E-state index in [2.05, 4.69) is 26.4 Å². The topological polar surface area (TPSA) is 55.6 Å². The van der Waals surface area contributed by atoms with Crippen LogP contribution in [0.25, 0.3) is 5.82 Å². The lowest BCUT2D eigenvalue weighted by Gasteiger charge is -2.23. The number of anilines is 1. The molecular weight excluding hydrogens is 238 g/mol. The average Bonchev–Trinajstić information content (AvgIpc) is 3.17. The van der Waals surface area contributed by atoms with E-state index in [0.717, 1.165) is 23.3 Å². The van der Waals surface area contributed by atoms with Crippen molar-refractivity contribution in [2.45, 2.75) is 31.7 Å². The Morgan fingerprint density at radius 3 is 2.84 bits per heavy atom. The van der Waals surface area contributed by atoms with Crippen molar-refractivity contribution in [3.63, 3.8) is 0 Å². The Hall–Kier alpha value is -1.91. The van der Waals surface area contributed by atoms with Crippen molar-refractivity contribution in [3.05, 3.63) is 31.0 Å². The van der Waals surface area contributed by atoms with Crippen LogP contribution in [0.3, 0.4) is 0 Å². The molecule has 2 bridgehead atoms. The van der Waals surface area contributed by atoms with Crippen LogP contribution in [0.5, 0.6) is 0 Å². The summed E-state index contributed by atoms with van der Waals surface area (Å²) in [7, 11) is 0. The van der Waals surface area contributed by atoms with Gasteiger partial charge in [-0.3, -0.25) is 0 Å². The predicted molar refractivity (Wildman–Crippen MR) is 72.0 cm³/mol. The van der Waals surface area contributed by atoms with Gasteiger partial charge in [-0.25, -0.2) is 14.6 Å². The first-order chi connectivity index (χ1) is 9.38. The van der Waals surface area contributed by atoms with Gasteiger partial charge in [0.15, 0.2) is 5.82 Å². The van der Waals surface area contributed by atoms with Crippen LogP contribution >= 0.6 is 0 Å². The van der Waals surface area contributed by atoms with E-state index in [-0.39, 0.29) is 0 Å². The molecule has 19 heavy (non-hydrogen) atoms. The van der Waals surface area contributed by atoms with Crippen LogP contribution in [0, 0.1) is 11.8 Å². The lowest BCUT2D eigenvalue weighted by atomic mass is 9.95. The van der Waals surface area contributed by atoms with E-state index in [1.165, 1.54) is 32.0 Å². The standard InChI is InChI=1S/C14H17N5/c1-2-11-5-10(1)6-13(11)18-12-3-4-14(16-7-12)19-9-15-8-17-19/h3-4,7-11,13,18H,1-2,5-6H2. The highest BCUT2D eigenvalue weighted by molar-refractivity contribution is 5.44. The summed E-state index contributed by atoms with van der Waals surface area (Å²) >= 11 is 0. The van der Waals surface area contributed by atoms with Crippen LogP contribution in [0.15, 0.2) is 31.0 Å². The van der Waals surface area contributed by atoms with Gasteiger partial charge in [-0.15, -0.1) is 0 Å². The summed E-state index contributed by atoms with van der Waals surface area (Å²) in [5, 5.41) is 7.71. The maximum absolute atomic E-state index is 4.42. The summed E-state index contributed by atoms with van der Waals surface area (Å²) in [5.41, 5.74) is 1.11. The first-order valence-electron chi connectivity index (χ1n) is 6.96. The van der Waals surface area contributed by atoms with Gasteiger partial charge in [0, 0.05) is 6.04 Å². The molecule has 3 unspecified atom stereocenters. The maximum Gasteiger partial charge on any atom is 0.155 e. The maximum atomic E-state index is 4.42. The molecule has 4 rings (SSSR count). The highest BCUT2D eigenvalue weighted by Gasteiger charge is 2.39. The number of aromatic nitrogens is 4. The molecule has 98 valence electrons. The van der Waals surface area contributed by atoms with Gasteiger partial charge in [-0.2, -0.15) is 5.10 Å². The summed E-state index contributed by atoms with van der Waals surface area (Å²) in [4.78, 5) is 8.35. The molecular formula is C14H17N5. The molecule has 2 heterocycles. The van der Waals surface area contributed by atoms with Gasteiger partial charge in [0.1, 0.15) is 12.7 Å². The van der Waals surface area contributed by atoms with Crippen molar-refractivity contribution in [3.8, 4) is 5.82 Å². The zero-order valence-corrected chi connectivity index (χ0v) is 10.7. The summed E-state index contributed by atoms with van der Waals surface area (Å²) in [6.45, 7) is 0. The van der Waals surface area contributed by atoms with Crippen LogP contribution < -0.4 is 5.32 Å². The molecule has 2 aliphatic carbocycles. The van der Waals surface area contributed by atoms with Crippen LogP contribution in [-0.2, 0) is 0 Å². The van der Waals surface area contributed by atoms with E-state index in [1.807, 2.05) is 12.3 Å². The number of fused-ring (bicyclic) bond motifs is 2. The highest BCUT2D eigenvalue weighted by atomic mass is 15.3. The van der Waals surface area contributed by atoms with E-state index in [1.54, 1.807) is 11.0 Å². The number of pyridine rings is 1. The smallest absolute Gasteiger partial charge is 0.155 e. The number of nitrogens with zero attached hydrogens (tertiary/aromatic N) is 4. The van der Waals surface area contributed by atoms with E-state index >= 15 is 0 Å². The molecule has 2 fully saturated rings. The van der Waals surface area contributed by atoms with Crippen molar-refractivity contribution in [2.75, 3.05) is 5.32 Å². The largest absolute Gasteiger partial charge is 0.381 e. The van der Waals surface area contributed by atoms with Gasteiger partial charge in [0.2, 0.25) is 0 Å². The average molecular weight is 255 g/mol. The minimum absolute atomic E-state index is 0.651. The Kier molecular flexibility index (Phi) is 2.50. The Labute approximate surface area is 112 Å². The second-order valence-corrected chi connectivity index (χ2v) is 5.67. The summed E-state index contributed by atoms with van der Waals surface area (Å²) < 4.78 is 1.67. The highest BCUT2D eigenvalue weighted by Crippen LogP contribution is 2.45. The molecule has 0 radical (unpaired) electrons. The molecule has 5 nitrogen and oxygen atoms in total. The number of hydrogen-bond donors (Lipinski definition) is 1. The molecule has 3 atom stereocenters. The zero-order chi connectivity index (χ0) is 12.7. The molecule has 2 saturated carbocycles. The molecule has 0 aromatic carbocycles. The minimum atomic E-state index is 0.651. The quantitative estimate of drug-likeness (QED) is 0.914. The molecule has 0 aliphatic heterocycles. The first-order valence-corrected chi connectivity index (χ1v) is 6.96.